The van der Waals surface area contributed by atoms with E-state index in [1.54, 1.807) is 36.3 Å². The summed E-state index contributed by atoms with van der Waals surface area (Å²) >= 11 is 0. The molecule has 1 aromatic rings. The van der Waals surface area contributed by atoms with E-state index in [0.29, 0.717) is 25.9 Å². The maximum absolute atomic E-state index is 12.3. The number of piperidine rings is 1. The fraction of sp³-hybridized carbons (Fsp3) is 0.643. The lowest BCUT2D eigenvalue weighted by atomic mass is 9.95. The van der Waals surface area contributed by atoms with Crippen LogP contribution in [-0.2, 0) is 4.79 Å². The van der Waals surface area contributed by atoms with Crippen molar-refractivity contribution in [3.05, 3.63) is 18.0 Å². The van der Waals surface area contributed by atoms with Crippen LogP contribution in [0.4, 0.5) is 4.79 Å². The van der Waals surface area contributed by atoms with Gasteiger partial charge in [-0.05, 0) is 19.8 Å². The van der Waals surface area contributed by atoms with Crippen molar-refractivity contribution in [3.63, 3.8) is 0 Å². The average Bonchev–Trinajstić information content (AvgIpc) is 3.00. The minimum absolute atomic E-state index is 0.0145. The van der Waals surface area contributed by atoms with Gasteiger partial charge in [-0.15, -0.1) is 0 Å². The highest BCUT2D eigenvalue weighted by molar-refractivity contribution is 5.80. The van der Waals surface area contributed by atoms with Crippen molar-refractivity contribution in [2.45, 2.75) is 25.8 Å². The van der Waals surface area contributed by atoms with Gasteiger partial charge in [0.2, 0.25) is 5.91 Å². The van der Waals surface area contributed by atoms with E-state index in [0.717, 1.165) is 5.56 Å². The Morgan fingerprint density at radius 3 is 2.62 bits per heavy atom. The van der Waals surface area contributed by atoms with Crippen molar-refractivity contribution in [1.29, 1.82) is 0 Å². The van der Waals surface area contributed by atoms with Crippen LogP contribution in [0, 0.1) is 5.92 Å². The summed E-state index contributed by atoms with van der Waals surface area (Å²) in [5, 5.41) is 9.63. The lowest BCUT2D eigenvalue weighted by Crippen LogP contribution is -2.46. The normalized spacial score (nSPS) is 17.4. The van der Waals surface area contributed by atoms with Gasteiger partial charge in [-0.3, -0.25) is 9.89 Å². The molecular formula is C14H23N5O2. The number of carbonyl (C=O) groups excluding carboxylic acids is 2. The molecule has 1 unspecified atom stereocenters. The Morgan fingerprint density at radius 1 is 1.43 bits per heavy atom. The van der Waals surface area contributed by atoms with E-state index < -0.39 is 0 Å². The molecule has 0 saturated carbocycles. The van der Waals surface area contributed by atoms with Crippen LogP contribution in [0.5, 0.6) is 0 Å². The van der Waals surface area contributed by atoms with E-state index in [9.17, 15) is 9.59 Å². The van der Waals surface area contributed by atoms with Crippen LogP contribution in [0.25, 0.3) is 0 Å². The summed E-state index contributed by atoms with van der Waals surface area (Å²) in [4.78, 5) is 27.5. The van der Waals surface area contributed by atoms with Crippen molar-refractivity contribution in [2.24, 2.45) is 5.92 Å². The highest BCUT2D eigenvalue weighted by Crippen LogP contribution is 2.20. The predicted octanol–water partition coefficient (Wildman–Crippen LogP) is 0.981. The van der Waals surface area contributed by atoms with Crippen LogP contribution in [0.2, 0.25) is 0 Å². The SMILES string of the molecule is CC(NC(=O)C1CCN(C(=O)N(C)C)CC1)c1cn[nH]c1. The molecule has 1 saturated heterocycles. The third-order valence-corrected chi connectivity index (χ3v) is 3.90. The van der Waals surface area contributed by atoms with Crippen LogP contribution < -0.4 is 5.32 Å². The predicted molar refractivity (Wildman–Crippen MR) is 78.5 cm³/mol. The van der Waals surface area contributed by atoms with Crippen molar-refractivity contribution in [1.82, 2.24) is 25.3 Å². The minimum Gasteiger partial charge on any atom is -0.349 e. The molecule has 116 valence electrons. The van der Waals surface area contributed by atoms with Crippen molar-refractivity contribution >= 4 is 11.9 Å². The van der Waals surface area contributed by atoms with Crippen molar-refractivity contribution in [2.75, 3.05) is 27.2 Å². The highest BCUT2D eigenvalue weighted by atomic mass is 16.2. The summed E-state index contributed by atoms with van der Waals surface area (Å²) in [7, 11) is 3.49. The summed E-state index contributed by atoms with van der Waals surface area (Å²) in [5.74, 6) is 0.0335. The standard InChI is InChI=1S/C14H23N5O2/c1-10(12-8-15-16-9-12)17-13(20)11-4-6-19(7-5-11)14(21)18(2)3/h8-11H,4-7H2,1-3H3,(H,15,16)(H,17,20). The van der Waals surface area contributed by atoms with Crippen molar-refractivity contribution < 1.29 is 9.59 Å². The van der Waals surface area contributed by atoms with Gasteiger partial charge in [-0.2, -0.15) is 5.10 Å². The molecule has 1 atom stereocenters. The van der Waals surface area contributed by atoms with Gasteiger partial charge in [-0.25, -0.2) is 4.79 Å². The summed E-state index contributed by atoms with van der Waals surface area (Å²) in [5.41, 5.74) is 0.962. The Hall–Kier alpha value is -2.05. The smallest absolute Gasteiger partial charge is 0.319 e. The Labute approximate surface area is 124 Å². The maximum Gasteiger partial charge on any atom is 0.319 e. The zero-order chi connectivity index (χ0) is 15.4. The summed E-state index contributed by atoms with van der Waals surface area (Å²) < 4.78 is 0. The van der Waals surface area contributed by atoms with Gasteiger partial charge in [-0.1, -0.05) is 0 Å². The summed E-state index contributed by atoms with van der Waals surface area (Å²) in [6, 6.07) is -0.0432. The maximum atomic E-state index is 12.3. The summed E-state index contributed by atoms with van der Waals surface area (Å²) in [6.45, 7) is 3.21. The number of carbonyl (C=O) groups is 2. The first-order valence-corrected chi connectivity index (χ1v) is 7.24. The molecule has 1 aliphatic rings. The van der Waals surface area contributed by atoms with Gasteiger partial charge in [0, 0.05) is 44.9 Å². The second-order valence-corrected chi connectivity index (χ2v) is 5.70. The molecule has 7 nitrogen and oxygen atoms in total. The van der Waals surface area contributed by atoms with Crippen LogP contribution in [0.1, 0.15) is 31.4 Å². The molecule has 1 aliphatic heterocycles. The quantitative estimate of drug-likeness (QED) is 0.871. The lowest BCUT2D eigenvalue weighted by Gasteiger charge is -2.33. The molecule has 2 N–H and O–H groups in total. The third-order valence-electron chi connectivity index (χ3n) is 3.90. The fourth-order valence-electron chi connectivity index (χ4n) is 2.53. The molecule has 1 aromatic heterocycles. The number of hydrogen-bond donors (Lipinski definition) is 2. The second-order valence-electron chi connectivity index (χ2n) is 5.70. The Bertz CT molecular complexity index is 478. The largest absolute Gasteiger partial charge is 0.349 e. The summed E-state index contributed by atoms with van der Waals surface area (Å²) in [6.07, 6.45) is 4.92. The van der Waals surface area contributed by atoms with Gasteiger partial charge in [0.05, 0.1) is 12.2 Å². The molecular weight excluding hydrogens is 270 g/mol. The first-order valence-electron chi connectivity index (χ1n) is 7.24. The zero-order valence-corrected chi connectivity index (χ0v) is 12.8. The number of nitrogens with zero attached hydrogens (tertiary/aromatic N) is 3. The zero-order valence-electron chi connectivity index (χ0n) is 12.8. The number of likely N-dealkylation sites (tertiary alicyclic amines) is 1. The number of rotatable bonds is 3. The average molecular weight is 293 g/mol. The Kier molecular flexibility index (Phi) is 4.82. The molecule has 7 heteroatoms. The van der Waals surface area contributed by atoms with E-state index >= 15 is 0 Å². The van der Waals surface area contributed by atoms with E-state index in [1.807, 2.05) is 6.92 Å². The fourth-order valence-corrected chi connectivity index (χ4v) is 2.53. The van der Waals surface area contributed by atoms with E-state index in [1.165, 1.54) is 0 Å². The van der Waals surface area contributed by atoms with Crippen LogP contribution in [0.3, 0.4) is 0 Å². The molecule has 3 amide bonds. The monoisotopic (exact) mass is 293 g/mol. The molecule has 0 aromatic carbocycles. The van der Waals surface area contributed by atoms with Crippen LogP contribution in [0.15, 0.2) is 12.4 Å². The Balaban J connectivity index is 1.82. The number of urea groups is 1. The van der Waals surface area contributed by atoms with Gasteiger partial charge in [0.1, 0.15) is 0 Å². The van der Waals surface area contributed by atoms with Gasteiger partial charge in [0.15, 0.2) is 0 Å². The van der Waals surface area contributed by atoms with E-state index in [2.05, 4.69) is 15.5 Å². The second kappa shape index (κ2) is 6.60. The molecule has 0 radical (unpaired) electrons. The number of amides is 3. The molecule has 0 bridgehead atoms. The molecule has 0 aliphatic carbocycles. The molecule has 0 spiro atoms. The van der Waals surface area contributed by atoms with E-state index in [-0.39, 0.29) is 23.9 Å². The third kappa shape index (κ3) is 3.74. The molecule has 1 fully saturated rings. The number of H-pyrrole nitrogens is 1. The number of nitrogens with one attached hydrogen (secondary N) is 2. The van der Waals surface area contributed by atoms with Crippen molar-refractivity contribution in [3.8, 4) is 0 Å². The number of aromatic nitrogens is 2. The first-order chi connectivity index (χ1) is 9.99. The molecule has 2 rings (SSSR count). The van der Waals surface area contributed by atoms with Crippen LogP contribution >= 0.6 is 0 Å². The minimum atomic E-state index is -0.0577. The molecule has 21 heavy (non-hydrogen) atoms. The van der Waals surface area contributed by atoms with E-state index in [4.69, 9.17) is 0 Å². The number of hydrogen-bond acceptors (Lipinski definition) is 3. The lowest BCUT2D eigenvalue weighted by molar-refractivity contribution is -0.126. The highest BCUT2D eigenvalue weighted by Gasteiger charge is 2.28. The van der Waals surface area contributed by atoms with Crippen LogP contribution in [-0.4, -0.2) is 59.1 Å². The number of aromatic amines is 1. The van der Waals surface area contributed by atoms with Gasteiger partial charge < -0.3 is 15.1 Å². The first kappa shape index (κ1) is 15.3. The Morgan fingerprint density at radius 2 is 2.10 bits per heavy atom. The molecule has 2 heterocycles. The van der Waals surface area contributed by atoms with Gasteiger partial charge in [0.25, 0.3) is 0 Å². The topological polar surface area (TPSA) is 81.3 Å². The van der Waals surface area contributed by atoms with Gasteiger partial charge >= 0.3 is 6.03 Å².